The highest BCUT2D eigenvalue weighted by molar-refractivity contribution is 5.99. The van der Waals surface area contributed by atoms with Crippen molar-refractivity contribution in [2.45, 2.75) is 19.3 Å². The molecule has 30 heavy (non-hydrogen) atoms. The van der Waals surface area contributed by atoms with Crippen LogP contribution in [0.1, 0.15) is 38.8 Å². The lowest BCUT2D eigenvalue weighted by Crippen LogP contribution is -2.43. The molecular weight excluding hydrogens is 382 g/mol. The quantitative estimate of drug-likeness (QED) is 0.701. The van der Waals surface area contributed by atoms with Gasteiger partial charge in [-0.2, -0.15) is 5.26 Å². The van der Waals surface area contributed by atoms with Crippen molar-refractivity contribution in [2.24, 2.45) is 0 Å². The highest BCUT2D eigenvalue weighted by atomic mass is 16.5. The predicted molar refractivity (Wildman–Crippen MR) is 108 cm³/mol. The maximum absolute atomic E-state index is 13.4. The number of benzene rings is 1. The molecule has 0 unspecified atom stereocenters. The van der Waals surface area contributed by atoms with E-state index < -0.39 is 0 Å². The zero-order valence-corrected chi connectivity index (χ0v) is 16.2. The summed E-state index contributed by atoms with van der Waals surface area (Å²) in [5.41, 5.74) is 10.5. The number of carbonyl (C=O) groups is 1. The summed E-state index contributed by atoms with van der Waals surface area (Å²) in [6.45, 7) is 2.20. The molecule has 150 valence electrons. The smallest absolute Gasteiger partial charge is 0.254 e. The number of amides is 1. The molecule has 8 nitrogen and oxygen atoms in total. The number of anilines is 1. The Morgan fingerprint density at radius 1 is 1.20 bits per heavy atom. The molecule has 8 heteroatoms. The molecule has 0 aliphatic carbocycles. The first-order valence-electron chi connectivity index (χ1n) is 9.69. The van der Waals surface area contributed by atoms with Crippen LogP contribution in [-0.2, 0) is 22.7 Å². The standard InChI is InChI=1S/C22H19N5O3/c23-8-13-1-3-19(25-9-13)20-12-29-6-5-27(20)22(28)14-2-4-18-15(7-14)16-10-30-11-17(16)21(24)26-18/h1-4,7,9,20H,5-6,10-12H2,(H2,24,26)/t20-/m1/s1. The highest BCUT2D eigenvalue weighted by Crippen LogP contribution is 2.32. The zero-order valence-electron chi connectivity index (χ0n) is 16.2. The summed E-state index contributed by atoms with van der Waals surface area (Å²) < 4.78 is 11.2. The summed E-state index contributed by atoms with van der Waals surface area (Å²) in [6, 6.07) is 10.7. The van der Waals surface area contributed by atoms with E-state index in [4.69, 9.17) is 20.5 Å². The summed E-state index contributed by atoms with van der Waals surface area (Å²) in [6.07, 6.45) is 1.52. The maximum atomic E-state index is 13.4. The lowest BCUT2D eigenvalue weighted by atomic mass is 10.0. The van der Waals surface area contributed by atoms with Gasteiger partial charge in [0.15, 0.2) is 0 Å². The fourth-order valence-electron chi connectivity index (χ4n) is 4.03. The fraction of sp³-hybridized carbons (Fsp3) is 0.273. The molecule has 1 aromatic carbocycles. The molecule has 0 bridgehead atoms. The van der Waals surface area contributed by atoms with Gasteiger partial charge in [-0.15, -0.1) is 0 Å². The molecule has 1 atom stereocenters. The largest absolute Gasteiger partial charge is 0.383 e. The molecule has 2 aliphatic rings. The fourth-order valence-corrected chi connectivity index (χ4v) is 4.03. The maximum Gasteiger partial charge on any atom is 0.254 e. The van der Waals surface area contributed by atoms with Gasteiger partial charge >= 0.3 is 0 Å². The molecule has 0 radical (unpaired) electrons. The van der Waals surface area contributed by atoms with E-state index >= 15 is 0 Å². The van der Waals surface area contributed by atoms with Crippen LogP contribution in [0.5, 0.6) is 0 Å². The van der Waals surface area contributed by atoms with Gasteiger partial charge in [-0.05, 0) is 35.9 Å². The number of nitrogen functional groups attached to an aromatic ring is 1. The second-order valence-corrected chi connectivity index (χ2v) is 7.35. The van der Waals surface area contributed by atoms with Crippen LogP contribution in [0.15, 0.2) is 36.5 Å². The van der Waals surface area contributed by atoms with Crippen molar-refractivity contribution in [1.29, 1.82) is 5.26 Å². The lowest BCUT2D eigenvalue weighted by molar-refractivity contribution is -0.00389. The number of fused-ring (bicyclic) bond motifs is 3. The molecule has 4 heterocycles. The molecule has 2 aromatic heterocycles. The van der Waals surface area contributed by atoms with Crippen LogP contribution in [0, 0.1) is 11.3 Å². The van der Waals surface area contributed by atoms with Crippen LogP contribution in [0.2, 0.25) is 0 Å². The number of pyridine rings is 2. The van der Waals surface area contributed by atoms with Crippen molar-refractivity contribution in [3.8, 4) is 6.07 Å². The molecule has 0 saturated carbocycles. The monoisotopic (exact) mass is 401 g/mol. The van der Waals surface area contributed by atoms with Crippen LogP contribution < -0.4 is 5.73 Å². The number of morpholine rings is 1. The Kier molecular flexibility index (Phi) is 4.54. The van der Waals surface area contributed by atoms with E-state index in [2.05, 4.69) is 16.0 Å². The minimum absolute atomic E-state index is 0.0964. The molecule has 2 aliphatic heterocycles. The van der Waals surface area contributed by atoms with Crippen LogP contribution in [0.3, 0.4) is 0 Å². The van der Waals surface area contributed by atoms with Crippen molar-refractivity contribution in [1.82, 2.24) is 14.9 Å². The van der Waals surface area contributed by atoms with Gasteiger partial charge in [-0.1, -0.05) is 0 Å². The number of nitrogens with zero attached hydrogens (tertiary/aromatic N) is 4. The van der Waals surface area contributed by atoms with Crippen molar-refractivity contribution < 1.29 is 14.3 Å². The Labute approximate surface area is 172 Å². The average molecular weight is 401 g/mol. The van der Waals surface area contributed by atoms with Gasteiger partial charge in [0.1, 0.15) is 11.9 Å². The zero-order chi connectivity index (χ0) is 20.7. The lowest BCUT2D eigenvalue weighted by Gasteiger charge is -2.35. The molecule has 2 N–H and O–H groups in total. The summed E-state index contributed by atoms with van der Waals surface area (Å²) in [4.78, 5) is 24.0. The molecule has 1 amide bonds. The van der Waals surface area contributed by atoms with Gasteiger partial charge in [0.25, 0.3) is 5.91 Å². The van der Waals surface area contributed by atoms with Crippen LogP contribution in [-0.4, -0.2) is 40.5 Å². The topological polar surface area (TPSA) is 114 Å². The number of rotatable bonds is 2. The molecular formula is C22H19N5O3. The molecule has 0 spiro atoms. The number of aromatic nitrogens is 2. The van der Waals surface area contributed by atoms with Crippen LogP contribution >= 0.6 is 0 Å². The molecule has 1 saturated heterocycles. The summed E-state index contributed by atoms with van der Waals surface area (Å²) in [7, 11) is 0. The van der Waals surface area contributed by atoms with E-state index in [0.29, 0.717) is 55.6 Å². The molecule has 1 fully saturated rings. The Morgan fingerprint density at radius 2 is 2.07 bits per heavy atom. The Hall–Kier alpha value is -3.54. The van der Waals surface area contributed by atoms with Gasteiger partial charge < -0.3 is 20.1 Å². The first-order valence-corrected chi connectivity index (χ1v) is 9.69. The third-order valence-electron chi connectivity index (χ3n) is 5.62. The molecule has 5 rings (SSSR count). The van der Waals surface area contributed by atoms with E-state index in [1.165, 1.54) is 6.20 Å². The van der Waals surface area contributed by atoms with Gasteiger partial charge in [0.05, 0.1) is 49.2 Å². The van der Waals surface area contributed by atoms with Crippen molar-refractivity contribution in [2.75, 3.05) is 25.5 Å². The minimum atomic E-state index is -0.312. The Morgan fingerprint density at radius 3 is 2.87 bits per heavy atom. The van der Waals surface area contributed by atoms with E-state index in [9.17, 15) is 4.79 Å². The predicted octanol–water partition coefficient (Wildman–Crippen LogP) is 2.33. The summed E-state index contributed by atoms with van der Waals surface area (Å²) >= 11 is 0. The third-order valence-corrected chi connectivity index (χ3v) is 5.62. The summed E-state index contributed by atoms with van der Waals surface area (Å²) in [5.74, 6) is 0.384. The highest BCUT2D eigenvalue weighted by Gasteiger charge is 2.31. The number of hydrogen-bond donors (Lipinski definition) is 1. The van der Waals surface area contributed by atoms with E-state index in [0.717, 1.165) is 22.0 Å². The number of ether oxygens (including phenoxy) is 2. The Balaban J connectivity index is 1.51. The number of nitrogens with two attached hydrogens (primary N) is 1. The van der Waals surface area contributed by atoms with E-state index in [1.807, 2.05) is 12.1 Å². The van der Waals surface area contributed by atoms with Crippen LogP contribution in [0.25, 0.3) is 10.9 Å². The second kappa shape index (κ2) is 7.37. The van der Waals surface area contributed by atoms with Gasteiger partial charge in [0, 0.05) is 29.3 Å². The van der Waals surface area contributed by atoms with Gasteiger partial charge in [0.2, 0.25) is 0 Å². The Bertz CT molecular complexity index is 1190. The second-order valence-electron chi connectivity index (χ2n) is 7.35. The number of carbonyl (C=O) groups excluding carboxylic acids is 1. The SMILES string of the molecule is N#Cc1ccc([C@H]2COCCN2C(=O)c2ccc3nc(N)c4c(c3c2)COC4)nc1. The number of nitriles is 1. The first-order chi connectivity index (χ1) is 14.7. The number of hydrogen-bond acceptors (Lipinski definition) is 7. The normalized spacial score (nSPS) is 18.2. The minimum Gasteiger partial charge on any atom is -0.383 e. The molecule has 3 aromatic rings. The third kappa shape index (κ3) is 3.05. The van der Waals surface area contributed by atoms with Crippen molar-refractivity contribution >= 4 is 22.6 Å². The first kappa shape index (κ1) is 18.5. The van der Waals surface area contributed by atoms with E-state index in [1.54, 1.807) is 23.1 Å². The van der Waals surface area contributed by atoms with Crippen LogP contribution in [0.4, 0.5) is 5.82 Å². The average Bonchev–Trinajstić information content (AvgIpc) is 3.30. The summed E-state index contributed by atoms with van der Waals surface area (Å²) in [5, 5.41) is 9.89. The van der Waals surface area contributed by atoms with E-state index in [-0.39, 0.29) is 11.9 Å². The van der Waals surface area contributed by atoms with Crippen molar-refractivity contribution in [3.63, 3.8) is 0 Å². The van der Waals surface area contributed by atoms with Gasteiger partial charge in [-0.25, -0.2) is 4.98 Å². The van der Waals surface area contributed by atoms with Crippen molar-refractivity contribution in [3.05, 3.63) is 64.5 Å². The van der Waals surface area contributed by atoms with Gasteiger partial charge in [-0.3, -0.25) is 9.78 Å².